The van der Waals surface area contributed by atoms with Crippen LogP contribution < -0.4 is 10.6 Å². The van der Waals surface area contributed by atoms with Crippen LogP contribution in [-0.2, 0) is 19.3 Å². The maximum absolute atomic E-state index is 13.8. The van der Waals surface area contributed by atoms with Gasteiger partial charge in [0.2, 0.25) is 17.8 Å². The van der Waals surface area contributed by atoms with Gasteiger partial charge in [0.05, 0.1) is 5.56 Å². The highest BCUT2D eigenvalue weighted by Crippen LogP contribution is 2.31. The third-order valence-corrected chi connectivity index (χ3v) is 6.17. The number of nitrogens with one attached hydrogen (secondary N) is 2. The van der Waals surface area contributed by atoms with Crippen molar-refractivity contribution in [2.75, 3.05) is 36.8 Å². The molecule has 1 fully saturated rings. The van der Waals surface area contributed by atoms with E-state index in [9.17, 15) is 22.4 Å². The zero-order chi connectivity index (χ0) is 27.3. The molecule has 0 spiro atoms. The lowest BCUT2D eigenvalue weighted by molar-refractivity contribution is -0.141. The number of anilines is 2. The van der Waals surface area contributed by atoms with Crippen molar-refractivity contribution in [1.29, 1.82) is 0 Å². The summed E-state index contributed by atoms with van der Waals surface area (Å²) in [6.07, 6.45) is -2.56. The van der Waals surface area contributed by atoms with E-state index in [-0.39, 0.29) is 18.4 Å². The average molecular weight is 533 g/mol. The van der Waals surface area contributed by atoms with E-state index in [2.05, 4.69) is 35.5 Å². The van der Waals surface area contributed by atoms with Crippen LogP contribution in [-0.4, -0.2) is 67.9 Å². The van der Waals surface area contributed by atoms with Crippen molar-refractivity contribution in [1.82, 2.24) is 29.7 Å². The molecular formula is C25H28F4N8O. The Labute approximate surface area is 217 Å². The Balaban J connectivity index is 1.38. The first-order chi connectivity index (χ1) is 18.1. The lowest BCUT2D eigenvalue weighted by atomic mass is 10.1. The van der Waals surface area contributed by atoms with Gasteiger partial charge in [0.25, 0.3) is 5.91 Å². The van der Waals surface area contributed by atoms with Gasteiger partial charge in [-0.2, -0.15) is 22.5 Å². The number of piperazine rings is 1. The highest BCUT2D eigenvalue weighted by atomic mass is 19.4. The second kappa shape index (κ2) is 11.7. The molecule has 38 heavy (non-hydrogen) atoms. The van der Waals surface area contributed by atoms with Crippen molar-refractivity contribution in [3.05, 3.63) is 71.1 Å². The Kier molecular flexibility index (Phi) is 8.35. The molecule has 13 heteroatoms. The summed E-state index contributed by atoms with van der Waals surface area (Å²) < 4.78 is 54.6. The molecule has 0 aliphatic carbocycles. The summed E-state index contributed by atoms with van der Waals surface area (Å²) in [6, 6.07) is 8.65. The van der Waals surface area contributed by atoms with Gasteiger partial charge in [-0.1, -0.05) is 24.3 Å². The van der Waals surface area contributed by atoms with E-state index in [1.807, 2.05) is 26.0 Å². The van der Waals surface area contributed by atoms with Crippen LogP contribution in [0.3, 0.4) is 0 Å². The maximum Gasteiger partial charge on any atom is 0.434 e. The van der Waals surface area contributed by atoms with Crippen LogP contribution in [0.15, 0.2) is 42.7 Å². The second-order valence-electron chi connectivity index (χ2n) is 9.10. The predicted octanol–water partition coefficient (Wildman–Crippen LogP) is 3.81. The average Bonchev–Trinajstić information content (AvgIpc) is 2.90. The van der Waals surface area contributed by atoms with Crippen molar-refractivity contribution in [3.8, 4) is 0 Å². The van der Waals surface area contributed by atoms with Crippen molar-refractivity contribution in [3.63, 3.8) is 0 Å². The van der Waals surface area contributed by atoms with Gasteiger partial charge in [-0.15, -0.1) is 0 Å². The molecule has 1 aliphatic heterocycles. The van der Waals surface area contributed by atoms with E-state index in [0.717, 1.165) is 23.4 Å². The topological polar surface area (TPSA) is 99.2 Å². The van der Waals surface area contributed by atoms with E-state index in [4.69, 9.17) is 0 Å². The fourth-order valence-corrected chi connectivity index (χ4v) is 4.01. The molecule has 4 rings (SSSR count). The molecule has 2 N–H and O–H groups in total. The number of carbonyl (C=O) groups is 1. The highest BCUT2D eigenvalue weighted by molar-refractivity contribution is 5.95. The molecule has 1 saturated heterocycles. The first-order valence-corrected chi connectivity index (χ1v) is 12.1. The molecular weight excluding hydrogens is 504 g/mol. The van der Waals surface area contributed by atoms with Crippen molar-refractivity contribution < 1.29 is 22.4 Å². The number of carbonyl (C=O) groups excluding carboxylic acids is 1. The molecule has 202 valence electrons. The summed E-state index contributed by atoms with van der Waals surface area (Å²) in [7, 11) is 0. The fourth-order valence-electron chi connectivity index (χ4n) is 4.01. The van der Waals surface area contributed by atoms with Crippen LogP contribution in [0.2, 0.25) is 0 Å². The number of aromatic nitrogens is 4. The molecule has 0 unspecified atom stereocenters. The van der Waals surface area contributed by atoms with Gasteiger partial charge in [0, 0.05) is 63.8 Å². The largest absolute Gasteiger partial charge is 0.434 e. The molecule has 1 aromatic carbocycles. The molecule has 0 bridgehead atoms. The van der Waals surface area contributed by atoms with Gasteiger partial charge in [-0.05, 0) is 25.0 Å². The minimum Gasteiger partial charge on any atom is -0.350 e. The molecule has 9 nitrogen and oxygen atoms in total. The minimum atomic E-state index is -4.82. The highest BCUT2D eigenvalue weighted by Gasteiger charge is 2.39. The monoisotopic (exact) mass is 532 g/mol. The summed E-state index contributed by atoms with van der Waals surface area (Å²) in [5.74, 6) is -1.43. The zero-order valence-corrected chi connectivity index (χ0v) is 21.0. The molecule has 0 radical (unpaired) electrons. The van der Waals surface area contributed by atoms with Gasteiger partial charge < -0.3 is 15.5 Å². The van der Waals surface area contributed by atoms with Gasteiger partial charge >= 0.3 is 6.18 Å². The van der Waals surface area contributed by atoms with Crippen molar-refractivity contribution >= 4 is 17.8 Å². The first kappa shape index (κ1) is 27.2. The Morgan fingerprint density at radius 1 is 0.921 bits per heavy atom. The van der Waals surface area contributed by atoms with Crippen LogP contribution in [0.4, 0.5) is 29.5 Å². The third-order valence-electron chi connectivity index (χ3n) is 6.17. The molecule has 0 atom stereocenters. The van der Waals surface area contributed by atoms with E-state index >= 15 is 0 Å². The molecule has 3 heterocycles. The van der Waals surface area contributed by atoms with Gasteiger partial charge in [-0.25, -0.2) is 15.0 Å². The smallest absolute Gasteiger partial charge is 0.350 e. The molecule has 3 aromatic rings. The standard InChI is InChI=1S/C25H28F4N8O/c1-16(2)36-9-11-37(12-10-36)22(38)19-15-33-24(35-21(19)25(27,28)29)32-14-18-5-3-17(4-6-18)13-31-23-30-8-7-20(26)34-23/h3-8,15-16H,9-14H2,1-2H3,(H,30,31,34)(H,32,33,35). The number of nitrogens with zero attached hydrogens (tertiary/aromatic N) is 6. The van der Waals surface area contributed by atoms with Crippen LogP contribution >= 0.6 is 0 Å². The summed E-state index contributed by atoms with van der Waals surface area (Å²) in [5.41, 5.74) is -0.169. The van der Waals surface area contributed by atoms with E-state index in [0.29, 0.717) is 38.8 Å². The Hall–Kier alpha value is -3.87. The first-order valence-electron chi connectivity index (χ1n) is 12.1. The summed E-state index contributed by atoms with van der Waals surface area (Å²) in [4.78, 5) is 31.7. The van der Waals surface area contributed by atoms with Crippen molar-refractivity contribution in [2.24, 2.45) is 0 Å². The Morgan fingerprint density at radius 2 is 1.50 bits per heavy atom. The summed E-state index contributed by atoms with van der Waals surface area (Å²) in [6.45, 7) is 6.48. The number of amides is 1. The fraction of sp³-hybridized carbons (Fsp3) is 0.400. The van der Waals surface area contributed by atoms with E-state index < -0.39 is 29.3 Å². The van der Waals surface area contributed by atoms with Crippen LogP contribution in [0.25, 0.3) is 0 Å². The number of hydrogen-bond acceptors (Lipinski definition) is 8. The number of rotatable bonds is 8. The number of halogens is 4. The van der Waals surface area contributed by atoms with Crippen LogP contribution in [0, 0.1) is 5.95 Å². The maximum atomic E-state index is 13.8. The van der Waals surface area contributed by atoms with Crippen LogP contribution in [0.5, 0.6) is 0 Å². The quantitative estimate of drug-likeness (QED) is 0.334. The normalized spacial score (nSPS) is 14.6. The van der Waals surface area contributed by atoms with E-state index in [1.54, 1.807) is 12.1 Å². The van der Waals surface area contributed by atoms with Crippen molar-refractivity contribution in [2.45, 2.75) is 39.2 Å². The zero-order valence-electron chi connectivity index (χ0n) is 21.0. The second-order valence-corrected chi connectivity index (χ2v) is 9.10. The lowest BCUT2D eigenvalue weighted by Crippen LogP contribution is -2.51. The van der Waals surface area contributed by atoms with Gasteiger partial charge in [0.15, 0.2) is 5.69 Å². The van der Waals surface area contributed by atoms with Gasteiger partial charge in [-0.3, -0.25) is 9.69 Å². The van der Waals surface area contributed by atoms with Gasteiger partial charge in [0.1, 0.15) is 0 Å². The molecule has 1 aliphatic rings. The number of alkyl halides is 3. The molecule has 1 amide bonds. The number of hydrogen-bond donors (Lipinski definition) is 2. The third kappa shape index (κ3) is 6.91. The summed E-state index contributed by atoms with van der Waals surface area (Å²) in [5, 5.41) is 5.70. The SMILES string of the molecule is CC(C)N1CCN(C(=O)c2cnc(NCc3ccc(CNc4nccc(F)n4)cc3)nc2C(F)(F)F)CC1. The Bertz CT molecular complexity index is 1240. The van der Waals surface area contributed by atoms with E-state index in [1.165, 1.54) is 11.1 Å². The Morgan fingerprint density at radius 3 is 2.03 bits per heavy atom. The number of benzene rings is 1. The van der Waals surface area contributed by atoms with Crippen LogP contribution in [0.1, 0.15) is 41.0 Å². The lowest BCUT2D eigenvalue weighted by Gasteiger charge is -2.37. The summed E-state index contributed by atoms with van der Waals surface area (Å²) >= 11 is 0. The predicted molar refractivity (Wildman–Crippen MR) is 133 cm³/mol. The minimum absolute atomic E-state index is 0.160. The molecule has 2 aromatic heterocycles. The molecule has 0 saturated carbocycles.